The highest BCUT2D eigenvalue weighted by molar-refractivity contribution is 6.34. The minimum Gasteiger partial charge on any atom is -0.304 e. The van der Waals surface area contributed by atoms with Crippen molar-refractivity contribution in [2.75, 3.05) is 0 Å². The van der Waals surface area contributed by atoms with Crippen LogP contribution >= 0.6 is 11.6 Å². The zero-order valence-corrected chi connectivity index (χ0v) is 10.5. The number of aromatic nitrogens is 2. The molecule has 0 fully saturated rings. The van der Waals surface area contributed by atoms with Gasteiger partial charge in [-0.1, -0.05) is 18.5 Å². The Morgan fingerprint density at radius 1 is 1.47 bits per heavy atom. The van der Waals surface area contributed by atoms with Crippen molar-refractivity contribution >= 4 is 17.4 Å². The second kappa shape index (κ2) is 4.72. The summed E-state index contributed by atoms with van der Waals surface area (Å²) < 4.78 is 1.97. The molecule has 17 heavy (non-hydrogen) atoms. The molecule has 88 valence electrons. The number of benzene rings is 1. The Hall–Kier alpha value is -1.61. The van der Waals surface area contributed by atoms with Gasteiger partial charge in [-0.25, -0.2) is 4.98 Å². The van der Waals surface area contributed by atoms with E-state index >= 15 is 0 Å². The first-order valence-corrected chi connectivity index (χ1v) is 5.84. The molecule has 0 spiro atoms. The first-order valence-electron chi connectivity index (χ1n) is 5.46. The van der Waals surface area contributed by atoms with Gasteiger partial charge in [0.2, 0.25) is 0 Å². The molecule has 2 rings (SSSR count). The number of imidazole rings is 1. The van der Waals surface area contributed by atoms with E-state index in [0.29, 0.717) is 10.6 Å². The van der Waals surface area contributed by atoms with Crippen molar-refractivity contribution in [2.45, 2.75) is 20.3 Å². The SMILES string of the molecule is CCc1nccn1-c1ccc(C(C)=O)c(Cl)c1. The van der Waals surface area contributed by atoms with E-state index in [1.807, 2.05) is 23.8 Å². The minimum atomic E-state index is -0.0251. The van der Waals surface area contributed by atoms with Crippen LogP contribution in [-0.2, 0) is 6.42 Å². The topological polar surface area (TPSA) is 34.9 Å². The van der Waals surface area contributed by atoms with Gasteiger partial charge in [0.05, 0.1) is 5.02 Å². The third-order valence-corrected chi connectivity index (χ3v) is 2.96. The molecule has 1 heterocycles. The van der Waals surface area contributed by atoms with Crippen LogP contribution in [-0.4, -0.2) is 15.3 Å². The van der Waals surface area contributed by atoms with Crippen LogP contribution in [0.5, 0.6) is 0 Å². The van der Waals surface area contributed by atoms with Crippen molar-refractivity contribution in [1.29, 1.82) is 0 Å². The molecule has 2 aromatic rings. The summed E-state index contributed by atoms with van der Waals surface area (Å²) in [6.45, 7) is 3.56. The van der Waals surface area contributed by atoms with Crippen molar-refractivity contribution in [3.63, 3.8) is 0 Å². The highest BCUT2D eigenvalue weighted by Gasteiger charge is 2.08. The maximum atomic E-state index is 11.3. The zero-order chi connectivity index (χ0) is 12.4. The van der Waals surface area contributed by atoms with Gasteiger partial charge in [-0.3, -0.25) is 4.79 Å². The number of nitrogens with zero attached hydrogens (tertiary/aromatic N) is 2. The first-order chi connectivity index (χ1) is 8.13. The second-order valence-electron chi connectivity index (χ2n) is 3.79. The fourth-order valence-corrected chi connectivity index (χ4v) is 2.08. The summed E-state index contributed by atoms with van der Waals surface area (Å²) in [5, 5.41) is 0.478. The van der Waals surface area contributed by atoms with Crippen molar-refractivity contribution in [3.05, 3.63) is 47.0 Å². The van der Waals surface area contributed by atoms with Crippen molar-refractivity contribution in [2.24, 2.45) is 0 Å². The molecule has 4 heteroatoms. The van der Waals surface area contributed by atoms with E-state index in [0.717, 1.165) is 17.9 Å². The average molecular weight is 249 g/mol. The molecule has 0 bridgehead atoms. The standard InChI is InChI=1S/C13H13ClN2O/c1-3-13-15-6-7-16(13)10-4-5-11(9(2)17)12(14)8-10/h4-8H,3H2,1-2H3. The molecule has 0 saturated carbocycles. The predicted octanol–water partition coefficient (Wildman–Crippen LogP) is 3.29. The Morgan fingerprint density at radius 2 is 2.24 bits per heavy atom. The van der Waals surface area contributed by atoms with Gasteiger partial charge in [-0.2, -0.15) is 0 Å². The van der Waals surface area contributed by atoms with Crippen LogP contribution in [0, 0.1) is 0 Å². The lowest BCUT2D eigenvalue weighted by atomic mass is 10.1. The van der Waals surface area contributed by atoms with Crippen molar-refractivity contribution in [1.82, 2.24) is 9.55 Å². The Morgan fingerprint density at radius 3 is 2.82 bits per heavy atom. The maximum absolute atomic E-state index is 11.3. The number of Topliss-reactive ketones (excluding diaryl/α,β-unsaturated/α-hetero) is 1. The molecule has 0 amide bonds. The summed E-state index contributed by atoms with van der Waals surface area (Å²) in [5.41, 5.74) is 1.47. The fourth-order valence-electron chi connectivity index (χ4n) is 1.77. The molecule has 0 unspecified atom stereocenters. The van der Waals surface area contributed by atoms with E-state index in [2.05, 4.69) is 4.98 Å². The number of halogens is 1. The number of ketones is 1. The van der Waals surface area contributed by atoms with E-state index in [1.54, 1.807) is 18.3 Å². The quantitative estimate of drug-likeness (QED) is 0.782. The molecule has 0 aliphatic heterocycles. The van der Waals surface area contributed by atoms with Crippen LogP contribution in [0.3, 0.4) is 0 Å². The van der Waals surface area contributed by atoms with E-state index < -0.39 is 0 Å². The maximum Gasteiger partial charge on any atom is 0.161 e. The number of carbonyl (C=O) groups is 1. The van der Waals surface area contributed by atoms with Crippen molar-refractivity contribution < 1.29 is 4.79 Å². The summed E-state index contributed by atoms with van der Waals surface area (Å²) in [6.07, 6.45) is 4.49. The number of hydrogen-bond acceptors (Lipinski definition) is 2. The van der Waals surface area contributed by atoms with Gasteiger partial charge in [0.25, 0.3) is 0 Å². The molecule has 0 aliphatic carbocycles. The lowest BCUT2D eigenvalue weighted by Gasteiger charge is -2.08. The van der Waals surface area contributed by atoms with Crippen LogP contribution in [0.15, 0.2) is 30.6 Å². The van der Waals surface area contributed by atoms with Crippen LogP contribution in [0.4, 0.5) is 0 Å². The third-order valence-electron chi connectivity index (χ3n) is 2.64. The summed E-state index contributed by atoms with van der Waals surface area (Å²) in [6, 6.07) is 5.42. The van der Waals surface area contributed by atoms with Crippen LogP contribution < -0.4 is 0 Å². The van der Waals surface area contributed by atoms with Gasteiger partial charge in [-0.05, 0) is 25.1 Å². The molecule has 3 nitrogen and oxygen atoms in total. The van der Waals surface area contributed by atoms with Gasteiger partial charge in [0.15, 0.2) is 5.78 Å². The molecule has 0 aliphatic rings. The monoisotopic (exact) mass is 248 g/mol. The molecule has 1 aromatic heterocycles. The fraction of sp³-hybridized carbons (Fsp3) is 0.231. The average Bonchev–Trinajstić information content (AvgIpc) is 2.76. The molecular formula is C13H13ClN2O. The Labute approximate surface area is 105 Å². The Bertz CT molecular complexity index is 560. The van der Waals surface area contributed by atoms with Gasteiger partial charge in [0.1, 0.15) is 5.82 Å². The number of carbonyl (C=O) groups excluding carboxylic acids is 1. The second-order valence-corrected chi connectivity index (χ2v) is 4.19. The summed E-state index contributed by atoms with van der Waals surface area (Å²) in [4.78, 5) is 15.5. The van der Waals surface area contributed by atoms with Gasteiger partial charge >= 0.3 is 0 Å². The predicted molar refractivity (Wildman–Crippen MR) is 68.0 cm³/mol. The molecule has 0 radical (unpaired) electrons. The van der Waals surface area contributed by atoms with E-state index in [4.69, 9.17) is 11.6 Å². The van der Waals surface area contributed by atoms with E-state index in [9.17, 15) is 4.79 Å². The summed E-state index contributed by atoms with van der Waals surface area (Å²) >= 11 is 6.08. The van der Waals surface area contributed by atoms with E-state index in [1.165, 1.54) is 6.92 Å². The summed E-state index contributed by atoms with van der Waals surface area (Å²) in [7, 11) is 0. The zero-order valence-electron chi connectivity index (χ0n) is 9.77. The highest BCUT2D eigenvalue weighted by atomic mass is 35.5. The number of aryl methyl sites for hydroxylation is 1. The lowest BCUT2D eigenvalue weighted by Crippen LogP contribution is -2.01. The van der Waals surface area contributed by atoms with Gasteiger partial charge < -0.3 is 4.57 Å². The summed E-state index contributed by atoms with van der Waals surface area (Å²) in [5.74, 6) is 0.944. The Kier molecular flexibility index (Phi) is 3.29. The van der Waals surface area contributed by atoms with Gasteiger partial charge in [-0.15, -0.1) is 0 Å². The molecule has 0 N–H and O–H groups in total. The Balaban J connectivity index is 2.48. The normalized spacial score (nSPS) is 10.5. The molecular weight excluding hydrogens is 236 g/mol. The molecule has 0 saturated heterocycles. The smallest absolute Gasteiger partial charge is 0.161 e. The van der Waals surface area contributed by atoms with E-state index in [-0.39, 0.29) is 5.78 Å². The van der Waals surface area contributed by atoms with Crippen LogP contribution in [0.2, 0.25) is 5.02 Å². The first kappa shape index (κ1) is 11.9. The molecule has 0 atom stereocenters. The van der Waals surface area contributed by atoms with Crippen LogP contribution in [0.25, 0.3) is 5.69 Å². The number of hydrogen-bond donors (Lipinski definition) is 0. The number of rotatable bonds is 3. The molecule has 1 aromatic carbocycles. The van der Waals surface area contributed by atoms with Gasteiger partial charge in [0, 0.05) is 30.1 Å². The minimum absolute atomic E-state index is 0.0251. The lowest BCUT2D eigenvalue weighted by molar-refractivity contribution is 0.101. The highest BCUT2D eigenvalue weighted by Crippen LogP contribution is 2.21. The van der Waals surface area contributed by atoms with Crippen molar-refractivity contribution in [3.8, 4) is 5.69 Å². The largest absolute Gasteiger partial charge is 0.304 e. The van der Waals surface area contributed by atoms with Crippen LogP contribution in [0.1, 0.15) is 30.0 Å². The third kappa shape index (κ3) is 2.24.